The number of aromatic nitrogens is 2. The molecule has 2 rings (SSSR count). The number of rotatable bonds is 3. The van der Waals surface area contributed by atoms with E-state index in [0.717, 1.165) is 12.1 Å². The first-order valence-electron chi connectivity index (χ1n) is 6.13. The fraction of sp³-hybridized carbons (Fsp3) is 0.462. The summed E-state index contributed by atoms with van der Waals surface area (Å²) in [6.45, 7) is 3.19. The smallest absolute Gasteiger partial charge is 0.392 e. The van der Waals surface area contributed by atoms with Gasteiger partial charge in [-0.05, 0) is 32.0 Å². The van der Waals surface area contributed by atoms with Gasteiger partial charge in [-0.3, -0.25) is 0 Å². The minimum atomic E-state index is -4.44. The highest BCUT2D eigenvalue weighted by Gasteiger charge is 2.31. The van der Waals surface area contributed by atoms with Crippen molar-refractivity contribution in [3.8, 4) is 0 Å². The van der Waals surface area contributed by atoms with E-state index < -0.39 is 23.9 Å². The minimum Gasteiger partial charge on any atom is -0.392 e. The summed E-state index contributed by atoms with van der Waals surface area (Å²) < 4.78 is 39.5. The molecule has 2 aromatic rings. The van der Waals surface area contributed by atoms with Crippen molar-refractivity contribution < 1.29 is 23.4 Å². The largest absolute Gasteiger partial charge is 0.416 e. The summed E-state index contributed by atoms with van der Waals surface area (Å²) >= 11 is 0. The van der Waals surface area contributed by atoms with Crippen molar-refractivity contribution in [2.24, 2.45) is 0 Å². The number of hydrogen-bond donors (Lipinski definition) is 2. The SMILES string of the molecule is CC(O)Cn1c(C(C)O)nc2cc(C(F)(F)F)ccc21. The van der Waals surface area contributed by atoms with Gasteiger partial charge in [0.25, 0.3) is 0 Å². The van der Waals surface area contributed by atoms with Crippen molar-refractivity contribution in [2.75, 3.05) is 0 Å². The molecule has 0 fully saturated rings. The van der Waals surface area contributed by atoms with Crippen LogP contribution in [0.2, 0.25) is 0 Å². The van der Waals surface area contributed by atoms with Crippen LogP contribution in [0.3, 0.4) is 0 Å². The van der Waals surface area contributed by atoms with Crippen LogP contribution in [0.15, 0.2) is 18.2 Å². The van der Waals surface area contributed by atoms with Crippen LogP contribution in [0.25, 0.3) is 11.0 Å². The molecule has 0 saturated heterocycles. The summed E-state index contributed by atoms with van der Waals surface area (Å²) in [6.07, 6.45) is -6.07. The molecule has 4 nitrogen and oxygen atoms in total. The molecular weight excluding hydrogens is 273 g/mol. The standard InChI is InChI=1S/C13H15F3N2O2/c1-7(19)6-18-11-4-3-9(13(14,15)16)5-10(11)17-12(18)8(2)20/h3-5,7-8,19-20H,6H2,1-2H3. The van der Waals surface area contributed by atoms with Crippen molar-refractivity contribution in [3.05, 3.63) is 29.6 Å². The lowest BCUT2D eigenvalue weighted by atomic mass is 10.2. The molecule has 0 saturated carbocycles. The van der Waals surface area contributed by atoms with E-state index in [1.165, 1.54) is 17.6 Å². The van der Waals surface area contributed by atoms with E-state index in [9.17, 15) is 23.4 Å². The monoisotopic (exact) mass is 288 g/mol. The maximum atomic E-state index is 12.7. The number of nitrogens with zero attached hydrogens (tertiary/aromatic N) is 2. The highest BCUT2D eigenvalue weighted by atomic mass is 19.4. The number of alkyl halides is 3. The third-order valence-electron chi connectivity index (χ3n) is 2.93. The number of fused-ring (bicyclic) bond motifs is 1. The summed E-state index contributed by atoms with van der Waals surface area (Å²) in [5.74, 6) is 0.236. The fourth-order valence-electron chi connectivity index (χ4n) is 2.10. The van der Waals surface area contributed by atoms with Crippen molar-refractivity contribution in [2.45, 2.75) is 38.8 Å². The maximum Gasteiger partial charge on any atom is 0.416 e. The normalized spacial score (nSPS) is 15.6. The molecule has 2 unspecified atom stereocenters. The van der Waals surface area contributed by atoms with Gasteiger partial charge in [0.15, 0.2) is 0 Å². The third kappa shape index (κ3) is 2.78. The summed E-state index contributed by atoms with van der Waals surface area (Å²) in [4.78, 5) is 4.04. The Kier molecular flexibility index (Phi) is 3.75. The number of aliphatic hydroxyl groups is 2. The van der Waals surface area contributed by atoms with E-state index in [-0.39, 0.29) is 17.9 Å². The number of halogens is 3. The van der Waals surface area contributed by atoms with Gasteiger partial charge in [0.2, 0.25) is 0 Å². The molecule has 7 heteroatoms. The molecule has 2 atom stereocenters. The van der Waals surface area contributed by atoms with Crippen molar-refractivity contribution in [3.63, 3.8) is 0 Å². The van der Waals surface area contributed by atoms with Gasteiger partial charge in [-0.2, -0.15) is 13.2 Å². The van der Waals surface area contributed by atoms with Gasteiger partial charge >= 0.3 is 6.18 Å². The Hall–Kier alpha value is -1.60. The molecule has 1 aromatic heterocycles. The van der Waals surface area contributed by atoms with E-state index in [0.29, 0.717) is 5.52 Å². The molecule has 0 aliphatic heterocycles. The molecule has 1 aromatic carbocycles. The zero-order chi connectivity index (χ0) is 15.1. The molecule has 0 aliphatic rings. The highest BCUT2D eigenvalue weighted by Crippen LogP contribution is 2.32. The summed E-state index contributed by atoms with van der Waals surface area (Å²) in [6, 6.07) is 3.22. The van der Waals surface area contributed by atoms with Crippen LogP contribution >= 0.6 is 0 Å². The van der Waals surface area contributed by atoms with Crippen LogP contribution in [0, 0.1) is 0 Å². The van der Waals surface area contributed by atoms with Gasteiger partial charge in [-0.15, -0.1) is 0 Å². The molecule has 0 radical (unpaired) electrons. The second-order valence-corrected chi connectivity index (χ2v) is 4.81. The van der Waals surface area contributed by atoms with Crippen LogP contribution < -0.4 is 0 Å². The molecule has 20 heavy (non-hydrogen) atoms. The number of imidazole rings is 1. The lowest BCUT2D eigenvalue weighted by molar-refractivity contribution is -0.137. The number of benzene rings is 1. The molecule has 0 spiro atoms. The number of aliphatic hydroxyl groups excluding tert-OH is 2. The second kappa shape index (κ2) is 5.06. The van der Waals surface area contributed by atoms with Crippen LogP contribution in [-0.4, -0.2) is 25.9 Å². The first-order chi connectivity index (χ1) is 9.20. The number of hydrogen-bond acceptors (Lipinski definition) is 3. The van der Waals surface area contributed by atoms with Gasteiger partial charge in [0, 0.05) is 0 Å². The van der Waals surface area contributed by atoms with E-state index in [2.05, 4.69) is 4.98 Å². The summed E-state index contributed by atoms with van der Waals surface area (Å²) in [7, 11) is 0. The lowest BCUT2D eigenvalue weighted by Gasteiger charge is -2.12. The Bertz CT molecular complexity index is 618. The molecule has 0 aliphatic carbocycles. The van der Waals surface area contributed by atoms with Crippen LogP contribution in [0.1, 0.15) is 31.3 Å². The average molecular weight is 288 g/mol. The van der Waals surface area contributed by atoms with E-state index in [1.54, 1.807) is 6.92 Å². The molecular formula is C13H15F3N2O2. The predicted octanol–water partition coefficient (Wildman–Crippen LogP) is 2.49. The van der Waals surface area contributed by atoms with Crippen molar-refractivity contribution in [1.29, 1.82) is 0 Å². The third-order valence-corrected chi connectivity index (χ3v) is 2.93. The summed E-state index contributed by atoms with van der Waals surface area (Å²) in [5.41, 5.74) is -0.185. The Balaban J connectivity index is 2.61. The summed E-state index contributed by atoms with van der Waals surface area (Å²) in [5, 5.41) is 19.1. The van der Waals surface area contributed by atoms with Gasteiger partial charge in [0.05, 0.1) is 29.2 Å². The van der Waals surface area contributed by atoms with Gasteiger partial charge in [-0.1, -0.05) is 0 Å². The average Bonchev–Trinajstić information content (AvgIpc) is 2.65. The Morgan fingerprint density at radius 3 is 2.40 bits per heavy atom. The lowest BCUT2D eigenvalue weighted by Crippen LogP contribution is -2.15. The minimum absolute atomic E-state index is 0.149. The Morgan fingerprint density at radius 2 is 1.90 bits per heavy atom. The van der Waals surface area contributed by atoms with Gasteiger partial charge < -0.3 is 14.8 Å². The van der Waals surface area contributed by atoms with Crippen molar-refractivity contribution >= 4 is 11.0 Å². The molecule has 0 amide bonds. The van der Waals surface area contributed by atoms with E-state index >= 15 is 0 Å². The molecule has 1 heterocycles. The van der Waals surface area contributed by atoms with Crippen LogP contribution in [-0.2, 0) is 12.7 Å². The van der Waals surface area contributed by atoms with Crippen molar-refractivity contribution in [1.82, 2.24) is 9.55 Å². The zero-order valence-electron chi connectivity index (χ0n) is 11.0. The Morgan fingerprint density at radius 1 is 1.25 bits per heavy atom. The quantitative estimate of drug-likeness (QED) is 0.912. The fourth-order valence-corrected chi connectivity index (χ4v) is 2.10. The van der Waals surface area contributed by atoms with Crippen LogP contribution in [0.4, 0.5) is 13.2 Å². The van der Waals surface area contributed by atoms with E-state index in [1.807, 2.05) is 0 Å². The highest BCUT2D eigenvalue weighted by molar-refractivity contribution is 5.77. The molecule has 2 N–H and O–H groups in total. The molecule has 110 valence electrons. The first-order valence-corrected chi connectivity index (χ1v) is 6.13. The molecule has 0 bridgehead atoms. The zero-order valence-corrected chi connectivity index (χ0v) is 11.0. The van der Waals surface area contributed by atoms with E-state index in [4.69, 9.17) is 0 Å². The predicted molar refractivity (Wildman–Crippen MR) is 67.0 cm³/mol. The van der Waals surface area contributed by atoms with Gasteiger partial charge in [-0.25, -0.2) is 4.98 Å². The topological polar surface area (TPSA) is 58.3 Å². The Labute approximate surface area is 113 Å². The maximum absolute atomic E-state index is 12.7. The second-order valence-electron chi connectivity index (χ2n) is 4.81. The van der Waals surface area contributed by atoms with Gasteiger partial charge in [0.1, 0.15) is 11.9 Å². The van der Waals surface area contributed by atoms with Crippen LogP contribution in [0.5, 0.6) is 0 Å². The first kappa shape index (κ1) is 14.8.